The second-order valence-corrected chi connectivity index (χ2v) is 4.78. The minimum Gasteiger partial charge on any atom is -0.395 e. The molecule has 0 aliphatic carbocycles. The van der Waals surface area contributed by atoms with Gasteiger partial charge in [-0.15, -0.1) is 0 Å². The molecule has 0 saturated carbocycles. The van der Waals surface area contributed by atoms with Crippen LogP contribution in [-0.4, -0.2) is 41.9 Å². The fourth-order valence-electron chi connectivity index (χ4n) is 2.72. The summed E-state index contributed by atoms with van der Waals surface area (Å²) in [7, 11) is 0. The summed E-state index contributed by atoms with van der Waals surface area (Å²) >= 11 is 0. The lowest BCUT2D eigenvalue weighted by molar-refractivity contribution is -0.402. The number of carbonyl (C=O) groups is 1. The fraction of sp³-hybridized carbons (Fsp3) is 0.545. The van der Waals surface area contributed by atoms with Gasteiger partial charge in [0.1, 0.15) is 4.92 Å². The predicted molar refractivity (Wildman–Crippen MR) is 61.1 cm³/mol. The van der Waals surface area contributed by atoms with Gasteiger partial charge < -0.3 is 14.6 Å². The third-order valence-electron chi connectivity index (χ3n) is 3.66. The number of hydrogen-bond donors (Lipinski definition) is 1. The third-order valence-corrected chi connectivity index (χ3v) is 3.66. The van der Waals surface area contributed by atoms with E-state index in [-0.39, 0.29) is 17.6 Å². The van der Waals surface area contributed by atoms with E-state index >= 15 is 0 Å². The van der Waals surface area contributed by atoms with Gasteiger partial charge in [0.15, 0.2) is 5.76 Å². The van der Waals surface area contributed by atoms with Crippen molar-refractivity contribution in [1.82, 2.24) is 10.2 Å². The van der Waals surface area contributed by atoms with Crippen molar-refractivity contribution in [2.24, 2.45) is 11.8 Å². The van der Waals surface area contributed by atoms with Crippen LogP contribution in [0.15, 0.2) is 16.5 Å². The molecule has 7 heteroatoms. The molecule has 1 aromatic heterocycles. The van der Waals surface area contributed by atoms with Gasteiger partial charge in [0.2, 0.25) is 0 Å². The lowest BCUT2D eigenvalue weighted by Gasteiger charge is -2.15. The van der Waals surface area contributed by atoms with Gasteiger partial charge in [-0.25, -0.2) is 0 Å². The molecule has 1 aromatic rings. The Hall–Kier alpha value is -1.89. The van der Waals surface area contributed by atoms with Gasteiger partial charge in [-0.1, -0.05) is 0 Å². The summed E-state index contributed by atoms with van der Waals surface area (Å²) in [6.07, 6.45) is 0. The van der Waals surface area contributed by atoms with Crippen molar-refractivity contribution in [1.29, 1.82) is 0 Å². The molecule has 18 heavy (non-hydrogen) atoms. The molecule has 7 nitrogen and oxygen atoms in total. The number of likely N-dealkylation sites (tertiary alicyclic amines) is 1. The van der Waals surface area contributed by atoms with Crippen molar-refractivity contribution in [3.63, 3.8) is 0 Å². The molecular weight excluding hydrogens is 238 g/mol. The van der Waals surface area contributed by atoms with E-state index in [9.17, 15) is 14.9 Å². The number of hydrogen-bond acceptors (Lipinski definition) is 5. The smallest absolute Gasteiger partial charge is 0.395 e. The molecule has 1 amide bonds. The van der Waals surface area contributed by atoms with E-state index in [1.54, 1.807) is 4.90 Å². The maximum Gasteiger partial charge on any atom is 0.433 e. The van der Waals surface area contributed by atoms with Crippen molar-refractivity contribution in [2.75, 3.05) is 26.2 Å². The number of amides is 1. The minimum absolute atomic E-state index is 0.0506. The molecule has 3 heterocycles. The highest BCUT2D eigenvalue weighted by Crippen LogP contribution is 2.28. The van der Waals surface area contributed by atoms with Gasteiger partial charge >= 0.3 is 5.88 Å². The van der Waals surface area contributed by atoms with E-state index < -0.39 is 4.92 Å². The Balaban J connectivity index is 1.72. The Morgan fingerprint density at radius 3 is 2.61 bits per heavy atom. The van der Waals surface area contributed by atoms with Crippen LogP contribution in [0.25, 0.3) is 0 Å². The lowest BCUT2D eigenvalue weighted by atomic mass is 10.0. The maximum atomic E-state index is 12.1. The summed E-state index contributed by atoms with van der Waals surface area (Å²) < 4.78 is 4.94. The van der Waals surface area contributed by atoms with E-state index in [2.05, 4.69) is 5.32 Å². The molecular formula is C11H13N3O4. The molecule has 3 rings (SSSR count). The van der Waals surface area contributed by atoms with Gasteiger partial charge in [0.25, 0.3) is 5.91 Å². The summed E-state index contributed by atoms with van der Waals surface area (Å²) in [4.78, 5) is 23.7. The van der Waals surface area contributed by atoms with E-state index in [0.717, 1.165) is 13.1 Å². The molecule has 1 N–H and O–H groups in total. The predicted octanol–water partition coefficient (Wildman–Crippen LogP) is 0.479. The number of furan rings is 1. The maximum absolute atomic E-state index is 12.1. The van der Waals surface area contributed by atoms with Gasteiger partial charge in [0, 0.05) is 26.2 Å². The molecule has 2 saturated heterocycles. The summed E-state index contributed by atoms with van der Waals surface area (Å²) in [5, 5.41) is 13.8. The summed E-state index contributed by atoms with van der Waals surface area (Å²) in [5.41, 5.74) is 0. The van der Waals surface area contributed by atoms with E-state index in [0.29, 0.717) is 24.9 Å². The summed E-state index contributed by atoms with van der Waals surface area (Å²) in [5.74, 6) is 0.407. The Kier molecular flexibility index (Phi) is 2.55. The zero-order valence-electron chi connectivity index (χ0n) is 9.67. The first-order chi connectivity index (χ1) is 8.65. The van der Waals surface area contributed by atoms with E-state index in [1.165, 1.54) is 12.1 Å². The number of nitrogens with one attached hydrogen (secondary N) is 1. The molecule has 0 spiro atoms. The zero-order valence-corrected chi connectivity index (χ0v) is 9.67. The molecule has 2 aliphatic heterocycles. The van der Waals surface area contributed by atoms with Gasteiger partial charge in [0.05, 0.1) is 6.07 Å². The molecule has 0 radical (unpaired) electrons. The first-order valence-corrected chi connectivity index (χ1v) is 5.89. The molecule has 2 aliphatic rings. The number of nitrogens with zero attached hydrogens (tertiary/aromatic N) is 2. The number of fused-ring (bicyclic) bond motifs is 1. The quantitative estimate of drug-likeness (QED) is 0.610. The summed E-state index contributed by atoms with van der Waals surface area (Å²) in [6, 6.07) is 2.58. The highest BCUT2D eigenvalue weighted by atomic mass is 16.6. The van der Waals surface area contributed by atoms with Crippen LogP contribution < -0.4 is 5.32 Å². The monoisotopic (exact) mass is 251 g/mol. The standard InChI is InChI=1S/C11H13N3O4/c15-11(9-1-2-10(18-9)14(16)17)13-5-7-3-12-4-8(7)6-13/h1-2,7-8,12H,3-6H2/t7-,8+. The van der Waals surface area contributed by atoms with Crippen LogP contribution in [0.1, 0.15) is 10.6 Å². The lowest BCUT2D eigenvalue weighted by Crippen LogP contribution is -2.31. The van der Waals surface area contributed by atoms with Crippen LogP contribution >= 0.6 is 0 Å². The normalized spacial score (nSPS) is 26.3. The Bertz CT molecular complexity index is 486. The Labute approximate surface area is 103 Å². The van der Waals surface area contributed by atoms with E-state index in [1.807, 2.05) is 0 Å². The van der Waals surface area contributed by atoms with Crippen LogP contribution in [0.4, 0.5) is 5.88 Å². The highest BCUT2D eigenvalue weighted by molar-refractivity contribution is 5.92. The van der Waals surface area contributed by atoms with Crippen molar-refractivity contribution < 1.29 is 14.1 Å². The molecule has 0 aromatic carbocycles. The Morgan fingerprint density at radius 1 is 1.39 bits per heavy atom. The van der Waals surface area contributed by atoms with Crippen LogP contribution in [0.3, 0.4) is 0 Å². The van der Waals surface area contributed by atoms with Gasteiger partial charge in [-0.3, -0.25) is 14.9 Å². The average Bonchev–Trinajstić information content (AvgIpc) is 3.02. The van der Waals surface area contributed by atoms with Crippen molar-refractivity contribution >= 4 is 11.8 Å². The number of carbonyl (C=O) groups excluding carboxylic acids is 1. The summed E-state index contributed by atoms with van der Waals surface area (Å²) in [6.45, 7) is 3.27. The van der Waals surface area contributed by atoms with Crippen molar-refractivity contribution in [3.05, 3.63) is 28.0 Å². The Morgan fingerprint density at radius 2 is 2.06 bits per heavy atom. The molecule has 2 fully saturated rings. The van der Waals surface area contributed by atoms with Crippen LogP contribution in [-0.2, 0) is 0 Å². The average molecular weight is 251 g/mol. The first-order valence-electron chi connectivity index (χ1n) is 5.89. The van der Waals surface area contributed by atoms with Crippen LogP contribution in [0.2, 0.25) is 0 Å². The zero-order chi connectivity index (χ0) is 12.7. The molecule has 0 unspecified atom stereocenters. The minimum atomic E-state index is -0.639. The number of rotatable bonds is 2. The van der Waals surface area contributed by atoms with E-state index in [4.69, 9.17) is 4.42 Å². The van der Waals surface area contributed by atoms with Gasteiger partial charge in [-0.2, -0.15) is 0 Å². The van der Waals surface area contributed by atoms with Crippen molar-refractivity contribution in [3.8, 4) is 0 Å². The largest absolute Gasteiger partial charge is 0.433 e. The third kappa shape index (κ3) is 1.76. The second kappa shape index (κ2) is 4.09. The van der Waals surface area contributed by atoms with Crippen molar-refractivity contribution in [2.45, 2.75) is 0 Å². The van der Waals surface area contributed by atoms with Crippen LogP contribution in [0, 0.1) is 22.0 Å². The SMILES string of the molecule is O=C(c1ccc([N+](=O)[O-])o1)N1C[C@H]2CNC[C@H]2C1. The molecule has 96 valence electrons. The molecule has 0 bridgehead atoms. The fourth-order valence-corrected chi connectivity index (χ4v) is 2.72. The molecule has 2 atom stereocenters. The topological polar surface area (TPSA) is 88.6 Å². The highest BCUT2D eigenvalue weighted by Gasteiger charge is 2.39. The second-order valence-electron chi connectivity index (χ2n) is 4.78. The van der Waals surface area contributed by atoms with Crippen LogP contribution in [0.5, 0.6) is 0 Å². The van der Waals surface area contributed by atoms with Gasteiger partial charge in [-0.05, 0) is 17.9 Å². The first kappa shape index (κ1) is 11.2. The number of nitro groups is 1.